The minimum absolute atomic E-state index is 0.193. The van der Waals surface area contributed by atoms with E-state index in [4.69, 9.17) is 34.8 Å². The highest BCUT2D eigenvalue weighted by molar-refractivity contribution is 6.66. The molecule has 0 saturated heterocycles. The molecular weight excluding hydrogens is 270 g/mol. The van der Waals surface area contributed by atoms with Crippen LogP contribution in [0.25, 0.3) is 0 Å². The van der Waals surface area contributed by atoms with Crippen molar-refractivity contribution in [2.24, 2.45) is 0 Å². The third kappa shape index (κ3) is 2.67. The summed E-state index contributed by atoms with van der Waals surface area (Å²) in [5.41, 5.74) is 0. The molecule has 7 heteroatoms. The Hall–Kier alpha value is -0.320. The van der Waals surface area contributed by atoms with Gasteiger partial charge in [0.1, 0.15) is 5.82 Å². The number of aromatic nitrogens is 3. The second kappa shape index (κ2) is 4.17. The molecule has 1 heterocycles. The molecule has 0 atom stereocenters. The molecule has 1 saturated carbocycles. The van der Waals surface area contributed by atoms with Crippen molar-refractivity contribution in [1.82, 2.24) is 15.0 Å². The standard InChI is InChI=1S/C9H11Cl3N4/c1-16(2)8-14-6(5-3-4-5)13-7(15-8)9(10,11)12/h5H,3-4H2,1-2H3. The lowest BCUT2D eigenvalue weighted by molar-refractivity contribution is 0.809. The van der Waals surface area contributed by atoms with Gasteiger partial charge in [-0.1, -0.05) is 34.8 Å². The lowest BCUT2D eigenvalue weighted by Gasteiger charge is -2.15. The molecular formula is C9H11Cl3N4. The molecule has 16 heavy (non-hydrogen) atoms. The van der Waals surface area contributed by atoms with Crippen LogP contribution in [0.2, 0.25) is 0 Å². The second-order valence-electron chi connectivity index (χ2n) is 3.98. The van der Waals surface area contributed by atoms with E-state index < -0.39 is 3.79 Å². The number of hydrogen-bond donors (Lipinski definition) is 0. The van der Waals surface area contributed by atoms with Crippen LogP contribution in [0.1, 0.15) is 30.4 Å². The van der Waals surface area contributed by atoms with E-state index in [0.29, 0.717) is 11.9 Å². The van der Waals surface area contributed by atoms with Crippen molar-refractivity contribution < 1.29 is 0 Å². The summed E-state index contributed by atoms with van der Waals surface area (Å²) in [6, 6.07) is 0. The Bertz CT molecular complexity index is 378. The molecule has 0 aliphatic heterocycles. The lowest BCUT2D eigenvalue weighted by atomic mass is 10.4. The Labute approximate surface area is 109 Å². The largest absolute Gasteiger partial charge is 0.347 e. The number of anilines is 1. The second-order valence-corrected chi connectivity index (χ2v) is 6.26. The van der Waals surface area contributed by atoms with Crippen molar-refractivity contribution in [2.45, 2.75) is 22.6 Å². The molecule has 0 aromatic carbocycles. The highest BCUT2D eigenvalue weighted by atomic mass is 35.6. The zero-order chi connectivity index (χ0) is 11.9. The van der Waals surface area contributed by atoms with Gasteiger partial charge in [-0.2, -0.15) is 9.97 Å². The first kappa shape index (κ1) is 12.1. The number of alkyl halides is 3. The molecule has 0 N–H and O–H groups in total. The third-order valence-electron chi connectivity index (χ3n) is 2.24. The molecule has 2 rings (SSSR count). The smallest absolute Gasteiger partial charge is 0.250 e. The average molecular weight is 282 g/mol. The van der Waals surface area contributed by atoms with Crippen LogP contribution in [0, 0.1) is 0 Å². The van der Waals surface area contributed by atoms with Crippen LogP contribution in [0.3, 0.4) is 0 Å². The quantitative estimate of drug-likeness (QED) is 0.782. The maximum absolute atomic E-state index is 5.79. The predicted molar refractivity (Wildman–Crippen MR) is 65.4 cm³/mol. The SMILES string of the molecule is CN(C)c1nc(C2CC2)nc(C(Cl)(Cl)Cl)n1. The molecule has 0 bridgehead atoms. The van der Waals surface area contributed by atoms with Gasteiger partial charge in [0, 0.05) is 20.0 Å². The topological polar surface area (TPSA) is 41.9 Å². The van der Waals surface area contributed by atoms with Gasteiger partial charge in [-0.15, -0.1) is 0 Å². The maximum atomic E-state index is 5.79. The summed E-state index contributed by atoms with van der Waals surface area (Å²) in [6.07, 6.45) is 2.19. The van der Waals surface area contributed by atoms with Gasteiger partial charge in [-0.3, -0.25) is 0 Å². The highest BCUT2D eigenvalue weighted by Crippen LogP contribution is 2.41. The van der Waals surface area contributed by atoms with Crippen LogP contribution in [0.15, 0.2) is 0 Å². The van der Waals surface area contributed by atoms with Crippen LogP contribution >= 0.6 is 34.8 Å². The van der Waals surface area contributed by atoms with Crippen molar-refractivity contribution in [3.8, 4) is 0 Å². The van der Waals surface area contributed by atoms with E-state index in [9.17, 15) is 0 Å². The summed E-state index contributed by atoms with van der Waals surface area (Å²) in [7, 11) is 3.68. The normalized spacial score (nSPS) is 16.3. The molecule has 1 aromatic heterocycles. The van der Waals surface area contributed by atoms with E-state index in [1.165, 1.54) is 0 Å². The van der Waals surface area contributed by atoms with Crippen molar-refractivity contribution in [3.63, 3.8) is 0 Å². The van der Waals surface area contributed by atoms with Crippen molar-refractivity contribution in [2.75, 3.05) is 19.0 Å². The fraction of sp³-hybridized carbons (Fsp3) is 0.667. The molecule has 4 nitrogen and oxygen atoms in total. The highest BCUT2D eigenvalue weighted by Gasteiger charge is 2.33. The van der Waals surface area contributed by atoms with E-state index in [1.54, 1.807) is 4.90 Å². The summed E-state index contributed by atoms with van der Waals surface area (Å²) in [6.45, 7) is 0. The van der Waals surface area contributed by atoms with Gasteiger partial charge in [0.2, 0.25) is 9.74 Å². The summed E-state index contributed by atoms with van der Waals surface area (Å²) in [4.78, 5) is 14.4. The first-order chi connectivity index (χ1) is 7.38. The minimum Gasteiger partial charge on any atom is -0.347 e. The number of rotatable bonds is 2. The maximum Gasteiger partial charge on any atom is 0.250 e. The molecule has 0 radical (unpaired) electrons. The van der Waals surface area contributed by atoms with E-state index in [0.717, 1.165) is 18.7 Å². The average Bonchev–Trinajstić information content (AvgIpc) is 2.98. The number of hydrogen-bond acceptors (Lipinski definition) is 4. The summed E-state index contributed by atoms with van der Waals surface area (Å²) < 4.78 is -1.60. The van der Waals surface area contributed by atoms with Crippen molar-refractivity contribution in [3.05, 3.63) is 11.6 Å². The van der Waals surface area contributed by atoms with E-state index >= 15 is 0 Å². The summed E-state index contributed by atoms with van der Waals surface area (Å²) >= 11 is 17.4. The molecule has 1 aliphatic rings. The fourth-order valence-corrected chi connectivity index (χ4v) is 1.49. The number of nitrogens with zero attached hydrogens (tertiary/aromatic N) is 4. The van der Waals surface area contributed by atoms with Crippen LogP contribution in [0.4, 0.5) is 5.95 Å². The zero-order valence-corrected chi connectivity index (χ0v) is 11.2. The predicted octanol–water partition coefficient (Wildman–Crippen LogP) is 2.64. The van der Waals surface area contributed by atoms with Crippen molar-refractivity contribution >= 4 is 40.8 Å². The summed E-state index contributed by atoms with van der Waals surface area (Å²) in [5, 5.41) is 0. The molecule has 88 valence electrons. The zero-order valence-electron chi connectivity index (χ0n) is 8.91. The van der Waals surface area contributed by atoms with Gasteiger partial charge in [0.15, 0.2) is 5.82 Å². The van der Waals surface area contributed by atoms with Crippen LogP contribution < -0.4 is 4.90 Å². The van der Waals surface area contributed by atoms with Gasteiger partial charge in [0.25, 0.3) is 0 Å². The van der Waals surface area contributed by atoms with Gasteiger partial charge in [-0.25, -0.2) is 4.98 Å². The molecule has 0 spiro atoms. The Kier molecular flexibility index (Phi) is 3.16. The van der Waals surface area contributed by atoms with E-state index in [1.807, 2.05) is 14.1 Å². The van der Waals surface area contributed by atoms with Crippen LogP contribution in [-0.4, -0.2) is 29.0 Å². The van der Waals surface area contributed by atoms with E-state index in [2.05, 4.69) is 15.0 Å². The minimum atomic E-state index is -1.60. The Balaban J connectivity index is 2.44. The first-order valence-electron chi connectivity index (χ1n) is 4.88. The molecule has 0 amide bonds. The molecule has 1 aromatic rings. The Morgan fingerprint density at radius 3 is 2.19 bits per heavy atom. The third-order valence-corrected chi connectivity index (χ3v) is 2.74. The Morgan fingerprint density at radius 2 is 1.75 bits per heavy atom. The van der Waals surface area contributed by atoms with Gasteiger partial charge in [0.05, 0.1) is 0 Å². The van der Waals surface area contributed by atoms with E-state index in [-0.39, 0.29) is 5.82 Å². The van der Waals surface area contributed by atoms with Gasteiger partial charge in [-0.05, 0) is 12.8 Å². The van der Waals surface area contributed by atoms with Crippen LogP contribution in [0.5, 0.6) is 0 Å². The van der Waals surface area contributed by atoms with Crippen molar-refractivity contribution in [1.29, 1.82) is 0 Å². The lowest BCUT2D eigenvalue weighted by Crippen LogP contribution is -2.19. The summed E-state index contributed by atoms with van der Waals surface area (Å²) in [5.74, 6) is 1.84. The molecule has 0 unspecified atom stereocenters. The molecule has 1 fully saturated rings. The van der Waals surface area contributed by atoms with Gasteiger partial charge >= 0.3 is 0 Å². The monoisotopic (exact) mass is 280 g/mol. The first-order valence-corrected chi connectivity index (χ1v) is 6.02. The molecule has 1 aliphatic carbocycles. The Morgan fingerprint density at radius 1 is 1.12 bits per heavy atom. The fourth-order valence-electron chi connectivity index (χ4n) is 1.23. The number of halogens is 3. The van der Waals surface area contributed by atoms with Crippen LogP contribution in [-0.2, 0) is 3.79 Å². The van der Waals surface area contributed by atoms with Gasteiger partial charge < -0.3 is 4.90 Å².